The van der Waals surface area contributed by atoms with Crippen LogP contribution in [0.25, 0.3) is 0 Å². The third kappa shape index (κ3) is 6.60. The summed E-state index contributed by atoms with van der Waals surface area (Å²) in [6, 6.07) is 0.103. The summed E-state index contributed by atoms with van der Waals surface area (Å²) >= 11 is 0. The fraction of sp³-hybridized carbons (Fsp3) is 0.929. The van der Waals surface area contributed by atoms with Crippen LogP contribution in [-0.4, -0.2) is 73.8 Å². The minimum absolute atomic E-state index is 0.0175. The van der Waals surface area contributed by atoms with Crippen molar-refractivity contribution < 1.29 is 18.3 Å². The molecule has 0 aromatic carbocycles. The van der Waals surface area contributed by atoms with Crippen LogP contribution in [0.4, 0.5) is 0 Å². The van der Waals surface area contributed by atoms with Crippen molar-refractivity contribution in [1.29, 1.82) is 0 Å². The molecule has 22 heavy (non-hydrogen) atoms. The van der Waals surface area contributed by atoms with Gasteiger partial charge in [-0.05, 0) is 32.9 Å². The van der Waals surface area contributed by atoms with E-state index in [1.807, 2.05) is 6.92 Å². The lowest BCUT2D eigenvalue weighted by molar-refractivity contribution is -0.129. The van der Waals surface area contributed by atoms with E-state index < -0.39 is 10.0 Å². The van der Waals surface area contributed by atoms with E-state index in [1.54, 1.807) is 4.90 Å². The van der Waals surface area contributed by atoms with Crippen LogP contribution in [0.15, 0.2) is 0 Å². The van der Waals surface area contributed by atoms with Gasteiger partial charge in [0.05, 0.1) is 12.4 Å². The minimum Gasteiger partial charge on any atom is -0.395 e. The molecule has 0 radical (unpaired) electrons. The molecule has 0 bridgehead atoms. The van der Waals surface area contributed by atoms with Gasteiger partial charge < -0.3 is 14.9 Å². The number of carbonyl (C=O) groups is 1. The maximum Gasteiger partial charge on any atom is 0.223 e. The largest absolute Gasteiger partial charge is 0.395 e. The van der Waals surface area contributed by atoms with E-state index in [4.69, 9.17) is 10.2 Å². The number of hydrogen-bond donors (Lipinski definition) is 2. The van der Waals surface area contributed by atoms with Crippen LogP contribution in [0.5, 0.6) is 0 Å². The molecule has 2 unspecified atom stereocenters. The van der Waals surface area contributed by atoms with Crippen molar-refractivity contribution in [2.45, 2.75) is 39.2 Å². The minimum atomic E-state index is -3.53. The van der Waals surface area contributed by atoms with Crippen molar-refractivity contribution in [2.24, 2.45) is 11.1 Å². The maximum absolute atomic E-state index is 12.0. The highest BCUT2D eigenvalue weighted by molar-refractivity contribution is 7.89. The Balaban J connectivity index is 2.39. The summed E-state index contributed by atoms with van der Waals surface area (Å²) in [5, 5.41) is 14.0. The summed E-state index contributed by atoms with van der Waals surface area (Å²) in [6.07, 6.45) is 2.08. The van der Waals surface area contributed by atoms with Crippen molar-refractivity contribution in [2.75, 3.05) is 38.5 Å². The van der Waals surface area contributed by atoms with E-state index in [0.29, 0.717) is 13.1 Å². The zero-order valence-corrected chi connectivity index (χ0v) is 14.4. The fourth-order valence-corrected chi connectivity index (χ4v) is 3.89. The van der Waals surface area contributed by atoms with Crippen molar-refractivity contribution in [3.05, 3.63) is 0 Å². The molecule has 0 saturated carbocycles. The van der Waals surface area contributed by atoms with Crippen molar-refractivity contribution in [1.82, 2.24) is 9.80 Å². The third-order valence-corrected chi connectivity index (χ3v) is 5.13. The SMILES string of the molecule is CCN(CCO)CCCC(C)N1CC(CS(N)(=O)=O)CC1=O. The van der Waals surface area contributed by atoms with Crippen LogP contribution < -0.4 is 5.14 Å². The van der Waals surface area contributed by atoms with E-state index >= 15 is 0 Å². The maximum atomic E-state index is 12.0. The first-order chi connectivity index (χ1) is 10.3. The number of nitrogens with two attached hydrogens (primary N) is 1. The molecule has 0 aromatic rings. The Kier molecular flexibility index (Phi) is 7.75. The highest BCUT2D eigenvalue weighted by Crippen LogP contribution is 2.22. The molecule has 7 nitrogen and oxygen atoms in total. The first-order valence-electron chi connectivity index (χ1n) is 7.90. The van der Waals surface area contributed by atoms with Gasteiger partial charge in [-0.2, -0.15) is 0 Å². The van der Waals surface area contributed by atoms with Crippen molar-refractivity contribution in [3.8, 4) is 0 Å². The molecule has 130 valence electrons. The number of aliphatic hydroxyl groups is 1. The third-order valence-electron chi connectivity index (χ3n) is 4.20. The summed E-state index contributed by atoms with van der Waals surface area (Å²) in [7, 11) is -3.53. The number of rotatable bonds is 10. The van der Waals surface area contributed by atoms with E-state index in [1.165, 1.54) is 0 Å². The smallest absolute Gasteiger partial charge is 0.223 e. The Morgan fingerprint density at radius 1 is 1.45 bits per heavy atom. The van der Waals surface area contributed by atoms with Crippen LogP contribution in [0.3, 0.4) is 0 Å². The number of primary sulfonamides is 1. The van der Waals surface area contributed by atoms with Crippen molar-refractivity contribution >= 4 is 15.9 Å². The number of hydrogen-bond acceptors (Lipinski definition) is 5. The molecule has 1 fully saturated rings. The van der Waals surface area contributed by atoms with E-state index in [2.05, 4.69) is 11.8 Å². The summed E-state index contributed by atoms with van der Waals surface area (Å²) in [5.41, 5.74) is 0. The number of carbonyl (C=O) groups excluding carboxylic acids is 1. The Bertz CT molecular complexity index is 455. The number of amides is 1. The topological polar surface area (TPSA) is 104 Å². The van der Waals surface area contributed by atoms with E-state index in [-0.39, 0.29) is 36.6 Å². The second kappa shape index (κ2) is 8.81. The molecule has 0 aromatic heterocycles. The molecule has 2 atom stereocenters. The lowest BCUT2D eigenvalue weighted by Gasteiger charge is -2.26. The number of sulfonamides is 1. The van der Waals surface area contributed by atoms with Gasteiger partial charge in [-0.25, -0.2) is 13.6 Å². The Morgan fingerprint density at radius 2 is 2.14 bits per heavy atom. The van der Waals surface area contributed by atoms with Crippen LogP contribution in [-0.2, 0) is 14.8 Å². The number of likely N-dealkylation sites (N-methyl/N-ethyl adjacent to an activating group) is 1. The Labute approximate surface area is 133 Å². The van der Waals surface area contributed by atoms with Gasteiger partial charge in [-0.3, -0.25) is 4.79 Å². The molecule has 1 aliphatic heterocycles. The number of aliphatic hydroxyl groups excluding tert-OH is 1. The van der Waals surface area contributed by atoms with Gasteiger partial charge in [0.1, 0.15) is 0 Å². The Hall–Kier alpha value is -0.700. The molecular formula is C14H29N3O4S. The van der Waals surface area contributed by atoms with Crippen molar-refractivity contribution in [3.63, 3.8) is 0 Å². The number of likely N-dealkylation sites (tertiary alicyclic amines) is 1. The van der Waals surface area contributed by atoms with E-state index in [9.17, 15) is 13.2 Å². The zero-order valence-electron chi connectivity index (χ0n) is 13.6. The van der Waals surface area contributed by atoms with Crippen LogP contribution in [0.1, 0.15) is 33.1 Å². The summed E-state index contributed by atoms with van der Waals surface area (Å²) < 4.78 is 22.3. The van der Waals surface area contributed by atoms with Gasteiger partial charge in [-0.1, -0.05) is 6.92 Å². The molecule has 1 amide bonds. The van der Waals surface area contributed by atoms with Gasteiger partial charge in [0, 0.05) is 31.5 Å². The lowest BCUT2D eigenvalue weighted by atomic mass is 10.1. The lowest BCUT2D eigenvalue weighted by Crippen LogP contribution is -2.36. The highest BCUT2D eigenvalue weighted by atomic mass is 32.2. The van der Waals surface area contributed by atoms with Gasteiger partial charge in [-0.15, -0.1) is 0 Å². The summed E-state index contributed by atoms with van der Waals surface area (Å²) in [5.74, 6) is -0.294. The standard InChI is InChI=1S/C14H29N3O4S/c1-3-16(7-8-18)6-4-5-12(2)17-10-13(9-14(17)19)11-22(15,20)21/h12-13,18H,3-11H2,1-2H3,(H2,15,20,21). The fourth-order valence-electron chi connectivity index (χ4n) is 3.01. The average molecular weight is 335 g/mol. The molecule has 1 aliphatic rings. The van der Waals surface area contributed by atoms with Crippen LogP contribution in [0.2, 0.25) is 0 Å². The van der Waals surface area contributed by atoms with Gasteiger partial charge >= 0.3 is 0 Å². The van der Waals surface area contributed by atoms with Crippen LogP contribution in [0, 0.1) is 5.92 Å². The molecular weight excluding hydrogens is 306 g/mol. The number of nitrogens with zero attached hydrogens (tertiary/aromatic N) is 2. The molecule has 0 spiro atoms. The summed E-state index contributed by atoms with van der Waals surface area (Å²) in [4.78, 5) is 16.0. The monoisotopic (exact) mass is 335 g/mol. The quantitative estimate of drug-likeness (QED) is 0.566. The zero-order chi connectivity index (χ0) is 16.8. The van der Waals surface area contributed by atoms with E-state index in [0.717, 1.165) is 25.9 Å². The molecule has 1 saturated heterocycles. The predicted molar refractivity (Wildman–Crippen MR) is 85.7 cm³/mol. The molecule has 1 heterocycles. The highest BCUT2D eigenvalue weighted by Gasteiger charge is 2.34. The van der Waals surface area contributed by atoms with Gasteiger partial charge in [0.15, 0.2) is 0 Å². The molecule has 1 rings (SSSR count). The predicted octanol–water partition coefficient (Wildman–Crippen LogP) is -0.394. The molecule has 8 heteroatoms. The first kappa shape index (κ1) is 19.3. The second-order valence-electron chi connectivity index (χ2n) is 6.09. The first-order valence-corrected chi connectivity index (χ1v) is 9.61. The second-order valence-corrected chi connectivity index (χ2v) is 7.75. The Morgan fingerprint density at radius 3 is 2.68 bits per heavy atom. The van der Waals surface area contributed by atoms with Crippen LogP contribution >= 0.6 is 0 Å². The molecule has 3 N–H and O–H groups in total. The van der Waals surface area contributed by atoms with Gasteiger partial charge in [0.25, 0.3) is 0 Å². The normalized spacial score (nSPS) is 20.9. The average Bonchev–Trinajstić information content (AvgIpc) is 2.76. The molecule has 0 aliphatic carbocycles. The summed E-state index contributed by atoms with van der Waals surface area (Å²) in [6.45, 7) is 7.15. The van der Waals surface area contributed by atoms with Gasteiger partial charge in [0.2, 0.25) is 15.9 Å².